The Hall–Kier alpha value is -2.06. The maximum Gasteiger partial charge on any atom is 0.243 e. The van der Waals surface area contributed by atoms with E-state index >= 15 is 0 Å². The first-order valence-corrected chi connectivity index (χ1v) is 11.2. The first-order valence-electron chi connectivity index (χ1n) is 8.41. The molecule has 0 aliphatic heterocycles. The summed E-state index contributed by atoms with van der Waals surface area (Å²) < 4.78 is 39.2. The van der Waals surface area contributed by atoms with Gasteiger partial charge in [-0.05, 0) is 38.1 Å². The highest BCUT2D eigenvalue weighted by Crippen LogP contribution is 2.24. The number of sulfonamides is 1. The number of rotatable bonds is 8. The van der Waals surface area contributed by atoms with Gasteiger partial charge in [-0.3, -0.25) is 9.10 Å². The molecule has 8 heteroatoms. The van der Waals surface area contributed by atoms with E-state index in [0.717, 1.165) is 21.5 Å². The number of hydrogen-bond donors (Lipinski definition) is 1. The van der Waals surface area contributed by atoms with Crippen LogP contribution in [0.15, 0.2) is 53.4 Å². The predicted molar refractivity (Wildman–Crippen MR) is 108 cm³/mol. The summed E-state index contributed by atoms with van der Waals surface area (Å²) in [6, 6.07) is 12.5. The largest absolute Gasteiger partial charge is 0.353 e. The quantitative estimate of drug-likeness (QED) is 0.536. The van der Waals surface area contributed by atoms with Crippen LogP contribution in [0.25, 0.3) is 0 Å². The third kappa shape index (κ3) is 5.97. The zero-order chi connectivity index (χ0) is 20.0. The van der Waals surface area contributed by atoms with Gasteiger partial charge in [0.05, 0.1) is 11.9 Å². The maximum atomic E-state index is 14.1. The molecule has 2 rings (SSSR count). The van der Waals surface area contributed by atoms with Crippen molar-refractivity contribution in [1.29, 1.82) is 0 Å². The third-order valence-corrected chi connectivity index (χ3v) is 6.11. The fourth-order valence-corrected chi connectivity index (χ4v) is 4.48. The molecule has 0 radical (unpaired) electrons. The van der Waals surface area contributed by atoms with Crippen LogP contribution in [0, 0.1) is 12.7 Å². The Morgan fingerprint density at radius 1 is 1.19 bits per heavy atom. The van der Waals surface area contributed by atoms with Gasteiger partial charge in [-0.2, -0.15) is 0 Å². The van der Waals surface area contributed by atoms with E-state index < -0.39 is 27.8 Å². The number of halogens is 1. The molecule has 0 saturated carbocycles. The summed E-state index contributed by atoms with van der Waals surface area (Å²) in [7, 11) is -3.84. The molecule has 146 valence electrons. The van der Waals surface area contributed by atoms with Gasteiger partial charge in [0.1, 0.15) is 11.9 Å². The van der Waals surface area contributed by atoms with E-state index in [1.54, 1.807) is 11.8 Å². The molecule has 0 fully saturated rings. The molecule has 5 nitrogen and oxygen atoms in total. The van der Waals surface area contributed by atoms with Gasteiger partial charge in [0.25, 0.3) is 0 Å². The second-order valence-electron chi connectivity index (χ2n) is 6.14. The van der Waals surface area contributed by atoms with Crippen LogP contribution in [0.1, 0.15) is 12.5 Å². The Morgan fingerprint density at radius 3 is 2.41 bits per heavy atom. The van der Waals surface area contributed by atoms with E-state index in [0.29, 0.717) is 12.3 Å². The van der Waals surface area contributed by atoms with Gasteiger partial charge in [-0.15, -0.1) is 11.8 Å². The number of thioether (sulfide) groups is 1. The Bertz CT molecular complexity index is 886. The number of amides is 1. The van der Waals surface area contributed by atoms with Crippen molar-refractivity contribution >= 4 is 33.4 Å². The molecule has 1 N–H and O–H groups in total. The lowest BCUT2D eigenvalue weighted by atomic mass is 10.2. The number of carbonyl (C=O) groups excluding carboxylic acids is 1. The van der Waals surface area contributed by atoms with Crippen molar-refractivity contribution in [3.05, 3.63) is 59.9 Å². The summed E-state index contributed by atoms with van der Waals surface area (Å²) in [5, 5.41) is 2.72. The zero-order valence-electron chi connectivity index (χ0n) is 15.5. The number of anilines is 1. The number of hydrogen-bond acceptors (Lipinski definition) is 4. The minimum Gasteiger partial charge on any atom is -0.353 e. The van der Waals surface area contributed by atoms with Crippen LogP contribution in [-0.4, -0.2) is 38.9 Å². The highest BCUT2D eigenvalue weighted by Gasteiger charge is 2.30. The van der Waals surface area contributed by atoms with Crippen molar-refractivity contribution in [1.82, 2.24) is 5.32 Å². The lowest BCUT2D eigenvalue weighted by Crippen LogP contribution is -2.48. The van der Waals surface area contributed by atoms with Crippen molar-refractivity contribution in [3.63, 3.8) is 0 Å². The molecule has 0 heterocycles. The van der Waals surface area contributed by atoms with Gasteiger partial charge in [-0.1, -0.05) is 29.8 Å². The van der Waals surface area contributed by atoms with Crippen LogP contribution in [0.5, 0.6) is 0 Å². The molecule has 0 spiro atoms. The average Bonchev–Trinajstić information content (AvgIpc) is 2.60. The van der Waals surface area contributed by atoms with Crippen LogP contribution < -0.4 is 9.62 Å². The summed E-state index contributed by atoms with van der Waals surface area (Å²) >= 11 is 1.59. The molecule has 0 aromatic heterocycles. The Kier molecular flexibility index (Phi) is 7.26. The van der Waals surface area contributed by atoms with Gasteiger partial charge in [0.15, 0.2) is 0 Å². The first kappa shape index (κ1) is 21.2. The summed E-state index contributed by atoms with van der Waals surface area (Å²) in [4.78, 5) is 13.5. The van der Waals surface area contributed by atoms with E-state index in [2.05, 4.69) is 5.32 Å². The van der Waals surface area contributed by atoms with E-state index in [9.17, 15) is 17.6 Å². The van der Waals surface area contributed by atoms with Gasteiger partial charge in [-0.25, -0.2) is 12.8 Å². The molecule has 0 aliphatic rings. The van der Waals surface area contributed by atoms with Crippen LogP contribution in [-0.2, 0) is 14.8 Å². The van der Waals surface area contributed by atoms with Gasteiger partial charge in [0.2, 0.25) is 15.9 Å². The number of aryl methyl sites for hydroxylation is 1. The molecular weight excluding hydrogens is 387 g/mol. The second-order valence-corrected chi connectivity index (χ2v) is 9.17. The fraction of sp³-hybridized carbons (Fsp3) is 0.316. The fourth-order valence-electron chi connectivity index (χ4n) is 2.54. The van der Waals surface area contributed by atoms with E-state index in [-0.39, 0.29) is 5.69 Å². The zero-order valence-corrected chi connectivity index (χ0v) is 17.1. The summed E-state index contributed by atoms with van der Waals surface area (Å²) in [6.45, 7) is 3.83. The predicted octanol–water partition coefficient (Wildman–Crippen LogP) is 3.20. The normalized spacial score (nSPS) is 12.4. The number of carbonyl (C=O) groups is 1. The summed E-state index contributed by atoms with van der Waals surface area (Å²) in [6.07, 6.45) is 0.955. The van der Waals surface area contributed by atoms with E-state index in [4.69, 9.17) is 0 Å². The maximum absolute atomic E-state index is 14.1. The van der Waals surface area contributed by atoms with Crippen molar-refractivity contribution in [2.75, 3.05) is 22.9 Å². The first-order chi connectivity index (χ1) is 12.7. The van der Waals surface area contributed by atoms with Crippen molar-refractivity contribution in [3.8, 4) is 0 Å². The lowest BCUT2D eigenvalue weighted by molar-refractivity contribution is -0.121. The van der Waals surface area contributed by atoms with Crippen LogP contribution in [0.4, 0.5) is 10.1 Å². The SMILES string of the molecule is Cc1ccc(SCCNC(=O)C(C)N(c2ccccc2F)S(C)(=O)=O)cc1. The molecule has 1 amide bonds. The second kappa shape index (κ2) is 9.23. The molecule has 0 saturated heterocycles. The lowest BCUT2D eigenvalue weighted by Gasteiger charge is -2.28. The summed E-state index contributed by atoms with van der Waals surface area (Å²) in [5.74, 6) is -0.536. The summed E-state index contributed by atoms with van der Waals surface area (Å²) in [5.41, 5.74) is 1.03. The van der Waals surface area contributed by atoms with Crippen molar-refractivity contribution in [2.24, 2.45) is 0 Å². The highest BCUT2D eigenvalue weighted by molar-refractivity contribution is 7.99. The smallest absolute Gasteiger partial charge is 0.243 e. The van der Waals surface area contributed by atoms with E-state index in [1.165, 1.54) is 30.7 Å². The molecular formula is C19H23FN2O3S2. The molecule has 0 bridgehead atoms. The molecule has 2 aromatic rings. The van der Waals surface area contributed by atoms with Crippen LogP contribution in [0.3, 0.4) is 0 Å². The van der Waals surface area contributed by atoms with Crippen LogP contribution in [0.2, 0.25) is 0 Å². The van der Waals surface area contributed by atoms with Crippen molar-refractivity contribution in [2.45, 2.75) is 24.8 Å². The number of para-hydroxylation sites is 1. The van der Waals surface area contributed by atoms with Gasteiger partial charge in [0, 0.05) is 17.2 Å². The molecule has 2 aromatic carbocycles. The van der Waals surface area contributed by atoms with Gasteiger partial charge >= 0.3 is 0 Å². The number of nitrogens with zero attached hydrogens (tertiary/aromatic N) is 1. The Balaban J connectivity index is 1.99. The van der Waals surface area contributed by atoms with Crippen LogP contribution >= 0.6 is 11.8 Å². The number of benzene rings is 2. The number of nitrogens with one attached hydrogen (secondary N) is 1. The van der Waals surface area contributed by atoms with Gasteiger partial charge < -0.3 is 5.32 Å². The topological polar surface area (TPSA) is 66.5 Å². The Morgan fingerprint density at radius 2 is 1.81 bits per heavy atom. The molecule has 1 unspecified atom stereocenters. The highest BCUT2D eigenvalue weighted by atomic mass is 32.2. The van der Waals surface area contributed by atoms with E-state index in [1.807, 2.05) is 31.2 Å². The molecule has 27 heavy (non-hydrogen) atoms. The van der Waals surface area contributed by atoms with Crippen molar-refractivity contribution < 1.29 is 17.6 Å². The monoisotopic (exact) mass is 410 g/mol. The third-order valence-electron chi connectivity index (χ3n) is 3.87. The minimum atomic E-state index is -3.84. The Labute approximate surface area is 164 Å². The molecule has 1 atom stereocenters. The minimum absolute atomic E-state index is 0.142. The molecule has 0 aliphatic carbocycles. The standard InChI is InChI=1S/C19H23FN2O3S2/c1-14-8-10-16(11-9-14)26-13-12-21-19(23)15(2)22(27(3,24)25)18-7-5-4-6-17(18)20/h4-11,15H,12-13H2,1-3H3,(H,21,23). The average molecular weight is 411 g/mol.